The van der Waals surface area contributed by atoms with E-state index < -0.39 is 27.1 Å². The first-order valence-electron chi connectivity index (χ1n) is 5.12. The van der Waals surface area contributed by atoms with Gasteiger partial charge in [-0.1, -0.05) is 12.7 Å². The van der Waals surface area contributed by atoms with Crippen LogP contribution in [0.2, 0.25) is 0 Å². The molecule has 0 radical (unpaired) electrons. The Kier molecular flexibility index (Phi) is 4.36. The SMILES string of the molecule is C=CC(=C(C)S(=O)(=O)Cl)C1CN(C(=O)C(F)(F)F)C1. The molecule has 1 heterocycles. The number of alkyl halides is 3. The summed E-state index contributed by atoms with van der Waals surface area (Å²) in [5, 5.41) is 0. The Bertz CT molecular complexity index is 533. The maximum atomic E-state index is 12.1. The number of hydrogen-bond donors (Lipinski definition) is 0. The molecular weight excluding hydrogens is 307 g/mol. The number of likely N-dealkylation sites (tertiary alicyclic amines) is 1. The van der Waals surface area contributed by atoms with Gasteiger partial charge in [0.05, 0.1) is 4.91 Å². The van der Waals surface area contributed by atoms with Gasteiger partial charge in [-0.05, 0) is 12.5 Å². The first kappa shape index (κ1) is 16.0. The van der Waals surface area contributed by atoms with Crippen LogP contribution in [0.4, 0.5) is 13.2 Å². The summed E-state index contributed by atoms with van der Waals surface area (Å²) in [5.41, 5.74) is 0.237. The lowest BCUT2D eigenvalue weighted by Crippen LogP contribution is -2.54. The van der Waals surface area contributed by atoms with E-state index in [1.807, 2.05) is 0 Å². The highest BCUT2D eigenvalue weighted by atomic mass is 35.7. The molecule has 108 valence electrons. The molecule has 9 heteroatoms. The van der Waals surface area contributed by atoms with Gasteiger partial charge in [-0.3, -0.25) is 4.79 Å². The minimum atomic E-state index is -4.92. The third kappa shape index (κ3) is 3.50. The molecule has 0 aromatic rings. The average molecular weight is 318 g/mol. The molecule has 1 rings (SSSR count). The monoisotopic (exact) mass is 317 g/mol. The van der Waals surface area contributed by atoms with Gasteiger partial charge >= 0.3 is 12.1 Å². The van der Waals surface area contributed by atoms with Crippen LogP contribution in [-0.2, 0) is 13.8 Å². The zero-order chi connectivity index (χ0) is 15.0. The molecule has 4 nitrogen and oxygen atoms in total. The quantitative estimate of drug-likeness (QED) is 0.591. The van der Waals surface area contributed by atoms with Gasteiger partial charge in [0.25, 0.3) is 9.05 Å². The van der Waals surface area contributed by atoms with Crippen molar-refractivity contribution in [2.75, 3.05) is 13.1 Å². The van der Waals surface area contributed by atoms with Crippen molar-refractivity contribution in [1.82, 2.24) is 4.90 Å². The number of rotatable bonds is 3. The van der Waals surface area contributed by atoms with Crippen LogP contribution >= 0.6 is 10.7 Å². The highest BCUT2D eigenvalue weighted by molar-refractivity contribution is 8.16. The molecule has 0 spiro atoms. The first-order chi connectivity index (χ1) is 8.48. The Morgan fingerprint density at radius 2 is 1.89 bits per heavy atom. The van der Waals surface area contributed by atoms with E-state index in [1.54, 1.807) is 0 Å². The summed E-state index contributed by atoms with van der Waals surface area (Å²) < 4.78 is 58.7. The van der Waals surface area contributed by atoms with Crippen LogP contribution in [0.3, 0.4) is 0 Å². The van der Waals surface area contributed by atoms with Gasteiger partial charge < -0.3 is 4.90 Å². The molecule has 1 amide bonds. The summed E-state index contributed by atoms with van der Waals surface area (Å²) in [6.07, 6.45) is -3.69. The van der Waals surface area contributed by atoms with Gasteiger partial charge in [-0.15, -0.1) is 0 Å². The summed E-state index contributed by atoms with van der Waals surface area (Å²) in [6, 6.07) is 0. The van der Waals surface area contributed by atoms with Gasteiger partial charge in [0.2, 0.25) is 0 Å². The normalized spacial score (nSPS) is 18.7. The Morgan fingerprint density at radius 1 is 1.42 bits per heavy atom. The fourth-order valence-corrected chi connectivity index (χ4v) is 2.56. The Labute approximate surface area is 112 Å². The third-order valence-corrected chi connectivity index (χ3v) is 4.50. The second kappa shape index (κ2) is 5.16. The lowest BCUT2D eigenvalue weighted by Gasteiger charge is -2.40. The van der Waals surface area contributed by atoms with Crippen molar-refractivity contribution in [3.05, 3.63) is 23.1 Å². The Hall–Kier alpha value is -1.02. The van der Waals surface area contributed by atoms with Gasteiger partial charge in [0.1, 0.15) is 0 Å². The van der Waals surface area contributed by atoms with E-state index in [9.17, 15) is 26.4 Å². The van der Waals surface area contributed by atoms with Crippen LogP contribution in [-0.4, -0.2) is 38.5 Å². The standard InChI is InChI=1S/C10H11ClF3NO3S/c1-3-8(6(2)19(11,17)18)7-4-15(5-7)9(16)10(12,13)14/h3,7H,1,4-5H2,2H3. The van der Waals surface area contributed by atoms with Crippen molar-refractivity contribution in [3.8, 4) is 0 Å². The van der Waals surface area contributed by atoms with Crippen molar-refractivity contribution in [2.45, 2.75) is 13.1 Å². The Balaban J connectivity index is 2.84. The van der Waals surface area contributed by atoms with E-state index in [-0.39, 0.29) is 23.6 Å². The maximum absolute atomic E-state index is 12.1. The predicted molar refractivity (Wildman–Crippen MR) is 63.8 cm³/mol. The van der Waals surface area contributed by atoms with Crippen LogP contribution in [0.25, 0.3) is 0 Å². The van der Waals surface area contributed by atoms with Gasteiger partial charge in [0, 0.05) is 29.7 Å². The predicted octanol–water partition coefficient (Wildman–Crippen LogP) is 2.04. The minimum Gasteiger partial charge on any atom is -0.334 e. The number of allylic oxidation sites excluding steroid dienone is 2. The van der Waals surface area contributed by atoms with Crippen molar-refractivity contribution in [3.63, 3.8) is 0 Å². The van der Waals surface area contributed by atoms with Crippen LogP contribution in [0.1, 0.15) is 6.92 Å². The van der Waals surface area contributed by atoms with Crippen LogP contribution < -0.4 is 0 Å². The number of nitrogens with zero attached hydrogens (tertiary/aromatic N) is 1. The Morgan fingerprint density at radius 3 is 2.21 bits per heavy atom. The molecule has 1 saturated heterocycles. The smallest absolute Gasteiger partial charge is 0.334 e. The second-order valence-corrected chi connectivity index (χ2v) is 6.77. The molecule has 1 fully saturated rings. The largest absolute Gasteiger partial charge is 0.471 e. The van der Waals surface area contributed by atoms with E-state index in [1.165, 1.54) is 13.0 Å². The van der Waals surface area contributed by atoms with E-state index in [0.29, 0.717) is 4.90 Å². The summed E-state index contributed by atoms with van der Waals surface area (Å²) in [6.45, 7) is 4.24. The van der Waals surface area contributed by atoms with Crippen molar-refractivity contribution in [2.24, 2.45) is 5.92 Å². The molecule has 19 heavy (non-hydrogen) atoms. The summed E-state index contributed by atoms with van der Waals surface area (Å²) in [7, 11) is 1.21. The van der Waals surface area contributed by atoms with Crippen LogP contribution in [0.5, 0.6) is 0 Å². The summed E-state index contributed by atoms with van der Waals surface area (Å²) in [5.74, 6) is -2.43. The molecule has 0 saturated carbocycles. The van der Waals surface area contributed by atoms with E-state index in [2.05, 4.69) is 6.58 Å². The van der Waals surface area contributed by atoms with Crippen LogP contribution in [0.15, 0.2) is 23.1 Å². The first-order valence-corrected chi connectivity index (χ1v) is 7.43. The van der Waals surface area contributed by atoms with Crippen molar-refractivity contribution < 1.29 is 26.4 Å². The van der Waals surface area contributed by atoms with E-state index in [0.717, 1.165) is 0 Å². The number of halogens is 4. The summed E-state index contributed by atoms with van der Waals surface area (Å²) >= 11 is 0. The van der Waals surface area contributed by atoms with Crippen molar-refractivity contribution in [1.29, 1.82) is 0 Å². The molecule has 1 aliphatic rings. The molecule has 0 atom stereocenters. The molecule has 0 aromatic heterocycles. The van der Waals surface area contributed by atoms with Crippen LogP contribution in [0, 0.1) is 5.92 Å². The molecule has 0 aromatic carbocycles. The van der Waals surface area contributed by atoms with Gasteiger partial charge in [-0.2, -0.15) is 13.2 Å². The third-order valence-electron chi connectivity index (χ3n) is 2.84. The van der Waals surface area contributed by atoms with Gasteiger partial charge in [0.15, 0.2) is 0 Å². The lowest BCUT2D eigenvalue weighted by molar-refractivity contribution is -0.190. The zero-order valence-electron chi connectivity index (χ0n) is 9.87. The molecule has 0 bridgehead atoms. The average Bonchev–Trinajstić information content (AvgIpc) is 2.18. The molecule has 0 aliphatic carbocycles. The van der Waals surface area contributed by atoms with Crippen molar-refractivity contribution >= 4 is 25.6 Å². The number of amides is 1. The van der Waals surface area contributed by atoms with E-state index >= 15 is 0 Å². The maximum Gasteiger partial charge on any atom is 0.471 e. The molecule has 0 N–H and O–H groups in total. The fraction of sp³-hybridized carbons (Fsp3) is 0.500. The summed E-state index contributed by atoms with van der Waals surface area (Å²) in [4.78, 5) is 11.3. The lowest BCUT2D eigenvalue weighted by atomic mass is 9.90. The number of carbonyl (C=O) groups excluding carboxylic acids is 1. The topological polar surface area (TPSA) is 54.5 Å². The number of hydrogen-bond acceptors (Lipinski definition) is 3. The van der Waals surface area contributed by atoms with E-state index in [4.69, 9.17) is 10.7 Å². The highest BCUT2D eigenvalue weighted by Crippen LogP contribution is 2.32. The molecular formula is C10H11ClF3NO3S. The second-order valence-electron chi connectivity index (χ2n) is 4.06. The number of carbonyl (C=O) groups is 1. The highest BCUT2D eigenvalue weighted by Gasteiger charge is 2.47. The molecule has 1 aliphatic heterocycles. The van der Waals surface area contributed by atoms with Gasteiger partial charge in [-0.25, -0.2) is 8.42 Å². The molecule has 0 unspecified atom stereocenters. The fourth-order valence-electron chi connectivity index (χ4n) is 1.76. The zero-order valence-corrected chi connectivity index (χ0v) is 11.4. The minimum absolute atomic E-state index is 0.159.